The highest BCUT2D eigenvalue weighted by atomic mass is 19.1. The smallest absolute Gasteiger partial charge is 0.311 e. The maximum atomic E-state index is 13.4. The second kappa shape index (κ2) is 6.60. The summed E-state index contributed by atoms with van der Waals surface area (Å²) in [7, 11) is 0. The van der Waals surface area contributed by atoms with Crippen molar-refractivity contribution >= 4 is 5.97 Å². The van der Waals surface area contributed by atoms with Crippen LogP contribution in [0.25, 0.3) is 0 Å². The summed E-state index contributed by atoms with van der Waals surface area (Å²) >= 11 is 0. The van der Waals surface area contributed by atoms with Crippen molar-refractivity contribution in [2.75, 3.05) is 13.1 Å². The minimum absolute atomic E-state index is 0.200. The molecule has 0 unspecified atom stereocenters. The summed E-state index contributed by atoms with van der Waals surface area (Å²) in [5.74, 6) is -0.491. The van der Waals surface area contributed by atoms with Crippen molar-refractivity contribution in [3.63, 3.8) is 0 Å². The second-order valence-electron chi connectivity index (χ2n) is 7.01. The van der Waals surface area contributed by atoms with Crippen molar-refractivity contribution < 1.29 is 13.9 Å². The molecular formula is C21H22FNO2. The van der Waals surface area contributed by atoms with Crippen molar-refractivity contribution in [3.05, 3.63) is 71.5 Å². The van der Waals surface area contributed by atoms with Crippen LogP contribution in [0, 0.1) is 5.82 Å². The van der Waals surface area contributed by atoms with Crippen LogP contribution in [0.4, 0.5) is 4.39 Å². The first-order valence-corrected chi connectivity index (χ1v) is 8.93. The first kappa shape index (κ1) is 16.3. The Morgan fingerprint density at radius 2 is 1.88 bits per heavy atom. The van der Waals surface area contributed by atoms with E-state index < -0.39 is 5.60 Å². The van der Waals surface area contributed by atoms with Gasteiger partial charge in [0.15, 0.2) is 5.60 Å². The van der Waals surface area contributed by atoms with Crippen LogP contribution in [0.1, 0.15) is 30.4 Å². The van der Waals surface area contributed by atoms with Gasteiger partial charge in [0.2, 0.25) is 0 Å². The van der Waals surface area contributed by atoms with Crippen LogP contribution < -0.4 is 0 Å². The Morgan fingerprint density at radius 3 is 2.60 bits per heavy atom. The highest BCUT2D eigenvalue weighted by Crippen LogP contribution is 2.46. The summed E-state index contributed by atoms with van der Waals surface area (Å²) < 4.78 is 19.4. The molecule has 2 aromatic carbocycles. The highest BCUT2D eigenvalue weighted by Gasteiger charge is 2.57. The molecular weight excluding hydrogens is 317 g/mol. The predicted octanol–water partition coefficient (Wildman–Crippen LogP) is 3.68. The second-order valence-corrected chi connectivity index (χ2v) is 7.01. The number of benzene rings is 2. The third-order valence-electron chi connectivity index (χ3n) is 5.41. The molecule has 4 heteroatoms. The average molecular weight is 339 g/mol. The third-order valence-corrected chi connectivity index (χ3v) is 5.41. The molecule has 0 N–H and O–H groups in total. The van der Waals surface area contributed by atoms with Crippen molar-refractivity contribution in [1.82, 2.24) is 4.90 Å². The summed E-state index contributed by atoms with van der Waals surface area (Å²) in [5.41, 5.74) is 1.21. The largest absolute Gasteiger partial charge is 0.451 e. The highest BCUT2D eigenvalue weighted by molar-refractivity contribution is 5.73. The average Bonchev–Trinajstić information content (AvgIpc) is 2.61. The molecule has 4 rings (SSSR count). The number of carbonyl (C=O) groups is 1. The van der Waals surface area contributed by atoms with Crippen LogP contribution in [0.2, 0.25) is 0 Å². The lowest BCUT2D eigenvalue weighted by Crippen LogP contribution is -2.70. The number of piperidine rings is 1. The van der Waals surface area contributed by atoms with Gasteiger partial charge in [0.25, 0.3) is 0 Å². The van der Waals surface area contributed by atoms with Gasteiger partial charge in [-0.15, -0.1) is 0 Å². The van der Waals surface area contributed by atoms with Gasteiger partial charge < -0.3 is 4.74 Å². The molecule has 3 nitrogen and oxygen atoms in total. The van der Waals surface area contributed by atoms with Gasteiger partial charge in [-0.2, -0.15) is 0 Å². The zero-order valence-electron chi connectivity index (χ0n) is 14.2. The zero-order valence-corrected chi connectivity index (χ0v) is 14.2. The molecule has 0 amide bonds. The van der Waals surface area contributed by atoms with Crippen LogP contribution >= 0.6 is 0 Å². The van der Waals surface area contributed by atoms with Gasteiger partial charge in [-0.05, 0) is 42.6 Å². The number of hydrogen-bond acceptors (Lipinski definition) is 3. The number of hydrogen-bond donors (Lipinski definition) is 0. The Bertz CT molecular complexity index is 746. The Labute approximate surface area is 147 Å². The number of halogens is 1. The van der Waals surface area contributed by atoms with Crippen LogP contribution in [0.15, 0.2) is 54.6 Å². The maximum absolute atomic E-state index is 13.4. The predicted molar refractivity (Wildman–Crippen MR) is 93.5 cm³/mol. The van der Waals surface area contributed by atoms with E-state index in [4.69, 9.17) is 4.74 Å². The fourth-order valence-electron chi connectivity index (χ4n) is 4.18. The van der Waals surface area contributed by atoms with Gasteiger partial charge in [-0.25, -0.2) is 4.39 Å². The summed E-state index contributed by atoms with van der Waals surface area (Å²) in [4.78, 5) is 15.0. The van der Waals surface area contributed by atoms with Crippen molar-refractivity contribution in [2.45, 2.75) is 37.3 Å². The minimum Gasteiger partial charge on any atom is -0.451 e. The number of fused-ring (bicyclic) bond motifs is 1. The van der Waals surface area contributed by atoms with E-state index in [1.807, 2.05) is 30.3 Å². The Kier molecular flexibility index (Phi) is 4.30. The van der Waals surface area contributed by atoms with Crippen molar-refractivity contribution in [2.24, 2.45) is 0 Å². The molecule has 0 bridgehead atoms. The molecule has 2 aromatic rings. The van der Waals surface area contributed by atoms with Crippen LogP contribution in [0.5, 0.6) is 0 Å². The first-order chi connectivity index (χ1) is 12.2. The number of esters is 1. The van der Waals surface area contributed by atoms with Crippen LogP contribution in [-0.4, -0.2) is 30.0 Å². The maximum Gasteiger partial charge on any atom is 0.311 e. The molecule has 2 aliphatic rings. The minimum atomic E-state index is -0.639. The van der Waals surface area contributed by atoms with E-state index in [1.54, 1.807) is 12.1 Å². The van der Waals surface area contributed by atoms with Gasteiger partial charge in [-0.1, -0.05) is 48.9 Å². The fraction of sp³-hybridized carbons (Fsp3) is 0.381. The lowest BCUT2D eigenvalue weighted by molar-refractivity contribution is -0.210. The zero-order chi connectivity index (χ0) is 17.3. The third kappa shape index (κ3) is 3.07. The molecule has 25 heavy (non-hydrogen) atoms. The topological polar surface area (TPSA) is 29.5 Å². The Balaban J connectivity index is 1.58. The molecule has 2 saturated heterocycles. The standard InChI is InChI=1S/C21H22FNO2/c22-18-11-9-17(10-12-18)21(15-23-13-5-4-8-19(21)23)25-20(24)14-16-6-2-1-3-7-16/h1-3,6-7,9-12,19H,4-5,8,13-15H2/t19-,21+/m1/s1. The lowest BCUT2D eigenvalue weighted by atomic mass is 9.73. The quantitative estimate of drug-likeness (QED) is 0.796. The first-order valence-electron chi connectivity index (χ1n) is 8.93. The SMILES string of the molecule is O=C(Cc1ccccc1)O[C@]1(c2ccc(F)cc2)CN2CCCC[C@@H]21. The molecule has 2 heterocycles. The van der Waals surface area contributed by atoms with Gasteiger partial charge in [0.05, 0.1) is 12.5 Å². The number of rotatable bonds is 4. The molecule has 2 fully saturated rings. The van der Waals surface area contributed by atoms with Gasteiger partial charge in [0, 0.05) is 6.54 Å². The van der Waals surface area contributed by atoms with E-state index in [9.17, 15) is 9.18 Å². The van der Waals surface area contributed by atoms with Gasteiger partial charge in [-0.3, -0.25) is 9.69 Å². The summed E-state index contributed by atoms with van der Waals surface area (Å²) in [5, 5.41) is 0. The summed E-state index contributed by atoms with van der Waals surface area (Å²) in [6.07, 6.45) is 3.60. The summed E-state index contributed by atoms with van der Waals surface area (Å²) in [6.45, 7) is 1.74. The molecule has 0 aromatic heterocycles. The van der Waals surface area contributed by atoms with Crippen molar-refractivity contribution in [3.8, 4) is 0 Å². The molecule has 0 aliphatic carbocycles. The molecule has 130 valence electrons. The van der Waals surface area contributed by atoms with E-state index in [0.717, 1.165) is 30.5 Å². The van der Waals surface area contributed by atoms with Crippen LogP contribution in [-0.2, 0) is 21.6 Å². The summed E-state index contributed by atoms with van der Waals surface area (Å²) in [6, 6.07) is 16.3. The Morgan fingerprint density at radius 1 is 1.12 bits per heavy atom. The van der Waals surface area contributed by atoms with E-state index in [-0.39, 0.29) is 24.2 Å². The number of nitrogens with zero attached hydrogens (tertiary/aromatic N) is 1. The van der Waals surface area contributed by atoms with E-state index in [2.05, 4.69) is 4.90 Å². The van der Waals surface area contributed by atoms with Crippen molar-refractivity contribution in [1.29, 1.82) is 0 Å². The van der Waals surface area contributed by atoms with E-state index in [1.165, 1.54) is 18.6 Å². The number of ether oxygens (including phenoxy) is 1. The molecule has 2 atom stereocenters. The monoisotopic (exact) mass is 339 g/mol. The van der Waals surface area contributed by atoms with Gasteiger partial charge >= 0.3 is 5.97 Å². The lowest BCUT2D eigenvalue weighted by Gasteiger charge is -2.58. The van der Waals surface area contributed by atoms with Gasteiger partial charge in [0.1, 0.15) is 5.82 Å². The molecule has 0 spiro atoms. The molecule has 0 saturated carbocycles. The Hall–Kier alpha value is -2.20. The van der Waals surface area contributed by atoms with Crippen LogP contribution in [0.3, 0.4) is 0 Å². The number of carbonyl (C=O) groups excluding carboxylic acids is 1. The molecule has 2 aliphatic heterocycles. The molecule has 0 radical (unpaired) electrons. The van der Waals surface area contributed by atoms with E-state index >= 15 is 0 Å². The normalized spacial score (nSPS) is 25.7. The fourth-order valence-corrected chi connectivity index (χ4v) is 4.18. The van der Waals surface area contributed by atoms with E-state index in [0.29, 0.717) is 6.54 Å².